The van der Waals surface area contributed by atoms with Gasteiger partial charge in [-0.2, -0.15) is 8.42 Å². The smallest absolute Gasteiger partial charge is 0.306 e. The quantitative estimate of drug-likeness (QED) is 0.0197. The monoisotopic (exact) mass is 889 g/mol. The average Bonchev–Trinajstić information content (AvgIpc) is 3.22. The summed E-state index contributed by atoms with van der Waals surface area (Å²) in [5, 5.41) is 30.9. The standard InChI is InChI=1S/C48H88O12S/c1-3-5-7-9-11-13-15-17-19-21-23-25-27-29-31-33-35-37-44(50)59-41(39-58-48-47(53)46(52)45(51)42(60-48)40-61(54,55)56)38-57-43(49)36-34-32-30-28-26-24-22-20-18-16-14-12-10-8-6-4-2/h17,19-20,22,41-42,45-48,51-53H,3-16,18,21,23-40H2,1-2H3,(H,54,55,56)/b19-17-,22-20-. The minimum atomic E-state index is -4.60. The second-order valence-corrected chi connectivity index (χ2v) is 18.6. The highest BCUT2D eigenvalue weighted by atomic mass is 32.2. The zero-order valence-corrected chi connectivity index (χ0v) is 39.1. The molecule has 0 spiro atoms. The van der Waals surface area contributed by atoms with Gasteiger partial charge in [-0.05, 0) is 64.2 Å². The highest BCUT2D eigenvalue weighted by Crippen LogP contribution is 2.24. The van der Waals surface area contributed by atoms with E-state index in [2.05, 4.69) is 38.2 Å². The first-order valence-corrected chi connectivity index (χ1v) is 26.0. The minimum absolute atomic E-state index is 0.159. The van der Waals surface area contributed by atoms with E-state index in [1.54, 1.807) is 0 Å². The predicted octanol–water partition coefficient (Wildman–Crippen LogP) is 10.4. The fourth-order valence-electron chi connectivity index (χ4n) is 7.43. The van der Waals surface area contributed by atoms with Gasteiger partial charge in [-0.25, -0.2) is 0 Å². The van der Waals surface area contributed by atoms with E-state index in [0.29, 0.717) is 12.8 Å². The zero-order valence-electron chi connectivity index (χ0n) is 38.3. The minimum Gasteiger partial charge on any atom is -0.462 e. The number of carbonyl (C=O) groups is 2. The van der Waals surface area contributed by atoms with Crippen molar-refractivity contribution in [1.82, 2.24) is 0 Å². The number of carbonyl (C=O) groups excluding carboxylic acids is 2. The number of aliphatic hydroxyl groups excluding tert-OH is 3. The fourth-order valence-corrected chi connectivity index (χ4v) is 8.12. The lowest BCUT2D eigenvalue weighted by Gasteiger charge is -2.40. The van der Waals surface area contributed by atoms with Crippen molar-refractivity contribution in [2.24, 2.45) is 0 Å². The molecule has 1 rings (SSSR count). The van der Waals surface area contributed by atoms with Crippen LogP contribution in [0, 0.1) is 0 Å². The topological polar surface area (TPSA) is 186 Å². The number of ether oxygens (including phenoxy) is 4. The summed E-state index contributed by atoms with van der Waals surface area (Å²) in [5.41, 5.74) is 0. The first kappa shape index (κ1) is 57.1. The Bertz CT molecular complexity index is 1220. The van der Waals surface area contributed by atoms with Gasteiger partial charge in [0.05, 0.1) is 6.61 Å². The molecule has 0 amide bonds. The molecule has 1 heterocycles. The van der Waals surface area contributed by atoms with Crippen molar-refractivity contribution < 1.29 is 56.8 Å². The van der Waals surface area contributed by atoms with Crippen molar-refractivity contribution >= 4 is 22.1 Å². The number of aliphatic hydroxyl groups is 3. The van der Waals surface area contributed by atoms with E-state index < -0.39 is 71.2 Å². The molecule has 0 aliphatic carbocycles. The highest BCUT2D eigenvalue weighted by Gasteiger charge is 2.46. The van der Waals surface area contributed by atoms with Gasteiger partial charge >= 0.3 is 11.9 Å². The number of hydrogen-bond acceptors (Lipinski definition) is 11. The van der Waals surface area contributed by atoms with Gasteiger partial charge in [0, 0.05) is 12.8 Å². The van der Waals surface area contributed by atoms with Gasteiger partial charge in [0.15, 0.2) is 12.4 Å². The van der Waals surface area contributed by atoms with Crippen LogP contribution in [0.15, 0.2) is 24.3 Å². The Labute approximate surface area is 370 Å². The molecule has 0 radical (unpaired) electrons. The van der Waals surface area contributed by atoms with E-state index in [0.717, 1.165) is 70.6 Å². The summed E-state index contributed by atoms with van der Waals surface area (Å²) in [6, 6.07) is 0. The lowest BCUT2D eigenvalue weighted by molar-refractivity contribution is -0.297. The van der Waals surface area contributed by atoms with E-state index in [1.807, 2.05) is 0 Å². The van der Waals surface area contributed by atoms with Crippen molar-refractivity contribution in [3.8, 4) is 0 Å². The maximum Gasteiger partial charge on any atom is 0.306 e. The SMILES string of the molecule is CCCCCCCC/C=C\CCCCCCCCCC(=O)OC(COC(=O)CCCCCCC/C=C\CCCCCCCCC)COC1OC(CS(=O)(=O)O)C(O)C(O)C1O. The maximum atomic E-state index is 12.8. The molecule has 358 valence electrons. The third-order valence-corrected chi connectivity index (χ3v) is 12.0. The molecule has 1 aliphatic rings. The van der Waals surface area contributed by atoms with Crippen LogP contribution in [0.1, 0.15) is 213 Å². The van der Waals surface area contributed by atoms with Gasteiger partial charge in [0.2, 0.25) is 0 Å². The first-order valence-electron chi connectivity index (χ1n) is 24.4. The molecule has 1 fully saturated rings. The summed E-state index contributed by atoms with van der Waals surface area (Å²) in [7, 11) is -4.60. The number of unbranched alkanes of at least 4 members (excludes halogenated alkanes) is 25. The third-order valence-electron chi connectivity index (χ3n) is 11.3. The van der Waals surface area contributed by atoms with Crippen LogP contribution in [0.25, 0.3) is 0 Å². The van der Waals surface area contributed by atoms with Gasteiger partial charge in [-0.15, -0.1) is 0 Å². The predicted molar refractivity (Wildman–Crippen MR) is 243 cm³/mol. The summed E-state index contributed by atoms with van der Waals surface area (Å²) in [4.78, 5) is 25.5. The van der Waals surface area contributed by atoms with E-state index in [-0.39, 0.29) is 19.4 Å². The van der Waals surface area contributed by atoms with E-state index >= 15 is 0 Å². The molecule has 0 bridgehead atoms. The van der Waals surface area contributed by atoms with Crippen LogP contribution in [-0.4, -0.2) is 96.0 Å². The molecule has 6 atom stereocenters. The Morgan fingerprint density at radius 3 is 1.36 bits per heavy atom. The van der Waals surface area contributed by atoms with Crippen LogP contribution in [0.4, 0.5) is 0 Å². The van der Waals surface area contributed by atoms with E-state index in [9.17, 15) is 37.9 Å². The fraction of sp³-hybridized carbons (Fsp3) is 0.875. The molecular formula is C48H88O12S. The molecule has 12 nitrogen and oxygen atoms in total. The zero-order chi connectivity index (χ0) is 44.8. The Morgan fingerprint density at radius 2 is 0.934 bits per heavy atom. The van der Waals surface area contributed by atoms with Crippen LogP contribution in [0.3, 0.4) is 0 Å². The van der Waals surface area contributed by atoms with Crippen molar-refractivity contribution in [1.29, 1.82) is 0 Å². The molecule has 13 heteroatoms. The van der Waals surface area contributed by atoms with E-state index in [1.165, 1.54) is 103 Å². The number of hydrogen-bond donors (Lipinski definition) is 4. The molecule has 1 saturated heterocycles. The summed E-state index contributed by atoms with van der Waals surface area (Å²) in [5.74, 6) is -1.99. The lowest BCUT2D eigenvalue weighted by atomic mass is 10.00. The molecular weight excluding hydrogens is 801 g/mol. The van der Waals surface area contributed by atoms with Gasteiger partial charge in [-0.1, -0.05) is 160 Å². The summed E-state index contributed by atoms with van der Waals surface area (Å²) in [6.45, 7) is 3.76. The Hall–Kier alpha value is -1.87. The van der Waals surface area contributed by atoms with Crippen molar-refractivity contribution in [2.75, 3.05) is 19.0 Å². The summed E-state index contributed by atoms with van der Waals surface area (Å²) in [6.07, 6.45) is 33.6. The Balaban J connectivity index is 2.42. The first-order chi connectivity index (χ1) is 29.5. The van der Waals surface area contributed by atoms with Crippen LogP contribution in [-0.2, 0) is 38.7 Å². The van der Waals surface area contributed by atoms with Crippen LogP contribution >= 0.6 is 0 Å². The number of esters is 2. The highest BCUT2D eigenvalue weighted by molar-refractivity contribution is 7.85. The molecule has 61 heavy (non-hydrogen) atoms. The molecule has 0 aromatic carbocycles. The summed E-state index contributed by atoms with van der Waals surface area (Å²) < 4.78 is 54.1. The average molecular weight is 889 g/mol. The van der Waals surface area contributed by atoms with Gasteiger partial charge < -0.3 is 34.3 Å². The van der Waals surface area contributed by atoms with E-state index in [4.69, 9.17) is 18.9 Å². The van der Waals surface area contributed by atoms with Crippen LogP contribution in [0.5, 0.6) is 0 Å². The molecule has 0 aromatic heterocycles. The normalized spacial score (nSPS) is 20.1. The van der Waals surface area contributed by atoms with Crippen molar-refractivity contribution in [2.45, 2.75) is 250 Å². The Morgan fingerprint density at radius 1 is 0.541 bits per heavy atom. The number of allylic oxidation sites excluding steroid dienone is 4. The number of rotatable bonds is 41. The molecule has 4 N–H and O–H groups in total. The van der Waals surface area contributed by atoms with Crippen molar-refractivity contribution in [3.63, 3.8) is 0 Å². The largest absolute Gasteiger partial charge is 0.462 e. The maximum absolute atomic E-state index is 12.8. The molecule has 1 aliphatic heterocycles. The van der Waals surface area contributed by atoms with Gasteiger partial charge in [0.25, 0.3) is 10.1 Å². The second kappa shape index (κ2) is 38.6. The molecule has 0 saturated carbocycles. The van der Waals surface area contributed by atoms with Gasteiger partial charge in [0.1, 0.15) is 36.8 Å². The lowest BCUT2D eigenvalue weighted by Crippen LogP contribution is -2.60. The molecule has 0 aromatic rings. The second-order valence-electron chi connectivity index (χ2n) is 17.1. The third kappa shape index (κ3) is 33.3. The van der Waals surface area contributed by atoms with Gasteiger partial charge in [-0.3, -0.25) is 14.1 Å². The van der Waals surface area contributed by atoms with Crippen LogP contribution in [0.2, 0.25) is 0 Å². The van der Waals surface area contributed by atoms with Crippen LogP contribution < -0.4 is 0 Å². The van der Waals surface area contributed by atoms with Crippen molar-refractivity contribution in [3.05, 3.63) is 24.3 Å². The Kier molecular flexibility index (Phi) is 36.1. The summed E-state index contributed by atoms with van der Waals surface area (Å²) >= 11 is 0. The molecule has 6 unspecified atom stereocenters.